The molecule has 1 fully saturated rings. The third-order valence-electron chi connectivity index (χ3n) is 3.13. The van der Waals surface area contributed by atoms with Crippen LogP contribution in [-0.4, -0.2) is 28.8 Å². The summed E-state index contributed by atoms with van der Waals surface area (Å²) in [6, 6.07) is 4.19. The number of benzene rings is 1. The van der Waals surface area contributed by atoms with E-state index >= 15 is 0 Å². The van der Waals surface area contributed by atoms with E-state index in [0.717, 1.165) is 12.8 Å². The van der Waals surface area contributed by atoms with Crippen LogP contribution in [0.1, 0.15) is 23.2 Å². The molecule has 0 heterocycles. The summed E-state index contributed by atoms with van der Waals surface area (Å²) in [6.07, 6.45) is 1.84. The molecule has 0 unspecified atom stereocenters. The van der Waals surface area contributed by atoms with Crippen molar-refractivity contribution in [1.29, 1.82) is 0 Å². The van der Waals surface area contributed by atoms with E-state index in [1.54, 1.807) is 0 Å². The van der Waals surface area contributed by atoms with Crippen LogP contribution in [0, 0.1) is 10.1 Å². The SMILES string of the molecule is COc1ccc(C(=O)NC2(CBr)CC2)cc1[N+](=O)[O-]. The molecular weight excluding hydrogens is 316 g/mol. The van der Waals surface area contributed by atoms with Crippen LogP contribution < -0.4 is 10.1 Å². The minimum absolute atomic E-state index is 0.142. The van der Waals surface area contributed by atoms with Gasteiger partial charge in [-0.2, -0.15) is 0 Å². The molecule has 0 aromatic heterocycles. The molecule has 1 aliphatic carbocycles. The summed E-state index contributed by atoms with van der Waals surface area (Å²) in [6.45, 7) is 0. The molecule has 0 bridgehead atoms. The first kappa shape index (κ1) is 13.8. The summed E-state index contributed by atoms with van der Waals surface area (Å²) in [4.78, 5) is 22.4. The van der Waals surface area contributed by atoms with Crippen molar-refractivity contribution in [2.75, 3.05) is 12.4 Å². The average Bonchev–Trinajstić information content (AvgIpc) is 3.18. The zero-order chi connectivity index (χ0) is 14.0. The number of rotatable bonds is 5. The Bertz CT molecular complexity index is 528. The monoisotopic (exact) mass is 328 g/mol. The van der Waals surface area contributed by atoms with Gasteiger partial charge in [0.15, 0.2) is 5.75 Å². The number of methoxy groups -OCH3 is 1. The van der Waals surface area contributed by atoms with Crippen LogP contribution in [0.5, 0.6) is 5.75 Å². The van der Waals surface area contributed by atoms with Gasteiger partial charge in [0.05, 0.1) is 17.6 Å². The van der Waals surface area contributed by atoms with E-state index in [1.807, 2.05) is 0 Å². The van der Waals surface area contributed by atoms with E-state index in [-0.39, 0.29) is 28.4 Å². The number of nitro benzene ring substituents is 1. The van der Waals surface area contributed by atoms with Crippen LogP contribution in [0.4, 0.5) is 5.69 Å². The molecule has 7 heteroatoms. The number of amides is 1. The van der Waals surface area contributed by atoms with Crippen LogP contribution in [0.3, 0.4) is 0 Å². The summed E-state index contributed by atoms with van der Waals surface area (Å²) >= 11 is 3.35. The van der Waals surface area contributed by atoms with Crippen LogP contribution in [-0.2, 0) is 0 Å². The zero-order valence-corrected chi connectivity index (χ0v) is 11.9. The molecule has 1 N–H and O–H groups in total. The molecule has 0 saturated heterocycles. The Balaban J connectivity index is 2.23. The standard InChI is InChI=1S/C12H13BrN2O4/c1-19-10-3-2-8(6-9(10)15(17)18)11(16)14-12(7-13)4-5-12/h2-3,6H,4-5,7H2,1H3,(H,14,16). The van der Waals surface area contributed by atoms with Gasteiger partial charge in [-0.1, -0.05) is 15.9 Å². The van der Waals surface area contributed by atoms with Crippen molar-refractivity contribution in [3.63, 3.8) is 0 Å². The highest BCUT2D eigenvalue weighted by molar-refractivity contribution is 9.09. The molecule has 0 atom stereocenters. The van der Waals surface area contributed by atoms with E-state index in [9.17, 15) is 14.9 Å². The number of carbonyl (C=O) groups excluding carboxylic acids is 1. The highest BCUT2D eigenvalue weighted by Crippen LogP contribution is 2.37. The maximum absolute atomic E-state index is 12.0. The van der Waals surface area contributed by atoms with E-state index in [0.29, 0.717) is 5.33 Å². The number of nitrogens with one attached hydrogen (secondary N) is 1. The number of hydrogen-bond acceptors (Lipinski definition) is 4. The van der Waals surface area contributed by atoms with Crippen molar-refractivity contribution in [2.45, 2.75) is 18.4 Å². The van der Waals surface area contributed by atoms with Gasteiger partial charge in [-0.25, -0.2) is 0 Å². The first-order chi connectivity index (χ1) is 9.01. The topological polar surface area (TPSA) is 81.5 Å². The number of halogens is 1. The summed E-state index contributed by atoms with van der Waals surface area (Å²) in [5.41, 5.74) is -0.134. The molecule has 19 heavy (non-hydrogen) atoms. The Morgan fingerprint density at radius 1 is 1.58 bits per heavy atom. The molecule has 2 rings (SSSR count). The molecule has 0 radical (unpaired) electrons. The smallest absolute Gasteiger partial charge is 0.311 e. The predicted octanol–water partition coefficient (Wildman–Crippen LogP) is 2.26. The normalized spacial score (nSPS) is 15.7. The first-order valence-corrected chi connectivity index (χ1v) is 6.84. The molecule has 1 aromatic carbocycles. The summed E-state index contributed by atoms with van der Waals surface area (Å²) in [5.74, 6) is -0.161. The van der Waals surface area contributed by atoms with Crippen molar-refractivity contribution >= 4 is 27.5 Å². The number of ether oxygens (including phenoxy) is 1. The molecule has 1 amide bonds. The lowest BCUT2D eigenvalue weighted by atomic mass is 10.1. The number of hydrogen-bond donors (Lipinski definition) is 1. The minimum Gasteiger partial charge on any atom is -0.490 e. The maximum atomic E-state index is 12.0. The second-order valence-corrected chi connectivity index (χ2v) is 5.07. The third kappa shape index (κ3) is 2.86. The van der Waals surface area contributed by atoms with Gasteiger partial charge in [0.1, 0.15) is 0 Å². The summed E-state index contributed by atoms with van der Waals surface area (Å²) in [5, 5.41) is 14.5. The Morgan fingerprint density at radius 3 is 2.74 bits per heavy atom. The first-order valence-electron chi connectivity index (χ1n) is 5.72. The fourth-order valence-electron chi connectivity index (χ4n) is 1.73. The summed E-state index contributed by atoms with van der Waals surface area (Å²) in [7, 11) is 1.35. The van der Waals surface area contributed by atoms with Gasteiger partial charge in [0.2, 0.25) is 0 Å². The Hall–Kier alpha value is -1.63. The van der Waals surface area contributed by atoms with Gasteiger partial charge in [0.25, 0.3) is 5.91 Å². The Labute approximate surface area is 118 Å². The van der Waals surface area contributed by atoms with Crippen LogP contribution in [0.25, 0.3) is 0 Å². The molecule has 1 saturated carbocycles. The van der Waals surface area contributed by atoms with Crippen LogP contribution in [0.2, 0.25) is 0 Å². The minimum atomic E-state index is -0.563. The fraction of sp³-hybridized carbons (Fsp3) is 0.417. The molecule has 1 aromatic rings. The summed E-state index contributed by atoms with van der Waals surface area (Å²) < 4.78 is 4.89. The molecule has 102 valence electrons. The van der Waals surface area contributed by atoms with E-state index < -0.39 is 4.92 Å². The lowest BCUT2D eigenvalue weighted by Gasteiger charge is -2.14. The molecule has 0 aliphatic heterocycles. The van der Waals surface area contributed by atoms with Gasteiger partial charge >= 0.3 is 5.69 Å². The maximum Gasteiger partial charge on any atom is 0.311 e. The average molecular weight is 329 g/mol. The van der Waals surface area contributed by atoms with Gasteiger partial charge < -0.3 is 10.1 Å². The number of nitro groups is 1. The van der Waals surface area contributed by atoms with Crippen molar-refractivity contribution < 1.29 is 14.5 Å². The van der Waals surface area contributed by atoms with E-state index in [1.165, 1.54) is 25.3 Å². The van der Waals surface area contributed by atoms with Crippen molar-refractivity contribution in [3.05, 3.63) is 33.9 Å². The van der Waals surface area contributed by atoms with Crippen molar-refractivity contribution in [3.8, 4) is 5.75 Å². The largest absolute Gasteiger partial charge is 0.490 e. The lowest BCUT2D eigenvalue weighted by molar-refractivity contribution is -0.385. The second kappa shape index (κ2) is 5.16. The number of alkyl halides is 1. The Kier molecular flexibility index (Phi) is 3.75. The molecular formula is C12H13BrN2O4. The zero-order valence-electron chi connectivity index (χ0n) is 10.3. The van der Waals surface area contributed by atoms with Crippen molar-refractivity contribution in [1.82, 2.24) is 5.32 Å². The fourth-order valence-corrected chi connectivity index (χ4v) is 2.43. The molecule has 0 spiro atoms. The van der Waals surface area contributed by atoms with Crippen LogP contribution in [0.15, 0.2) is 18.2 Å². The van der Waals surface area contributed by atoms with Gasteiger partial charge in [-0.3, -0.25) is 14.9 Å². The van der Waals surface area contributed by atoms with Gasteiger partial charge in [-0.05, 0) is 25.0 Å². The number of carbonyl (C=O) groups is 1. The Morgan fingerprint density at radius 2 is 2.26 bits per heavy atom. The van der Waals surface area contributed by atoms with Gasteiger partial charge in [-0.15, -0.1) is 0 Å². The van der Waals surface area contributed by atoms with Crippen molar-refractivity contribution in [2.24, 2.45) is 0 Å². The number of nitrogens with zero attached hydrogens (tertiary/aromatic N) is 1. The predicted molar refractivity (Wildman–Crippen MR) is 72.9 cm³/mol. The van der Waals surface area contributed by atoms with Gasteiger partial charge in [0, 0.05) is 17.0 Å². The molecule has 6 nitrogen and oxygen atoms in total. The van der Waals surface area contributed by atoms with E-state index in [2.05, 4.69) is 21.2 Å². The molecule has 1 aliphatic rings. The lowest BCUT2D eigenvalue weighted by Crippen LogP contribution is -2.38. The van der Waals surface area contributed by atoms with Crippen LogP contribution >= 0.6 is 15.9 Å². The van der Waals surface area contributed by atoms with E-state index in [4.69, 9.17) is 4.74 Å². The second-order valence-electron chi connectivity index (χ2n) is 4.51. The quantitative estimate of drug-likeness (QED) is 0.510. The third-order valence-corrected chi connectivity index (χ3v) is 4.20. The highest BCUT2D eigenvalue weighted by atomic mass is 79.9. The highest BCUT2D eigenvalue weighted by Gasteiger charge is 2.43.